The molecule has 0 saturated carbocycles. The Morgan fingerprint density at radius 3 is 2.45 bits per heavy atom. The predicted octanol–water partition coefficient (Wildman–Crippen LogP) is 3.01. The number of benzene rings is 1. The van der Waals surface area contributed by atoms with Gasteiger partial charge in [-0.2, -0.15) is 0 Å². The molecule has 5 nitrogen and oxygen atoms in total. The van der Waals surface area contributed by atoms with Crippen LogP contribution in [0.1, 0.15) is 21.7 Å². The molecule has 0 aliphatic carbocycles. The number of carbonyl (C=O) groups is 1. The molecule has 104 valence electrons. The lowest BCUT2D eigenvalue weighted by Gasteiger charge is -2.10. The molecule has 1 aromatic carbocycles. The summed E-state index contributed by atoms with van der Waals surface area (Å²) in [6.45, 7) is 3.54. The van der Waals surface area contributed by atoms with Gasteiger partial charge in [-0.3, -0.25) is 4.79 Å². The summed E-state index contributed by atoms with van der Waals surface area (Å²) in [5.74, 6) is 0.293. The first kappa shape index (κ1) is 14.3. The van der Waals surface area contributed by atoms with Crippen LogP contribution in [0.4, 0.5) is 5.69 Å². The number of rotatable bonds is 3. The second-order valence-corrected chi connectivity index (χ2v) is 4.63. The van der Waals surface area contributed by atoms with E-state index in [1.54, 1.807) is 32.0 Å². The second-order valence-electron chi connectivity index (χ2n) is 4.22. The Hall–Kier alpha value is -2.14. The van der Waals surface area contributed by atoms with Crippen LogP contribution in [0.15, 0.2) is 24.5 Å². The van der Waals surface area contributed by atoms with Gasteiger partial charge in [0.2, 0.25) is 0 Å². The Kier molecular flexibility index (Phi) is 4.20. The number of halogens is 1. The van der Waals surface area contributed by atoms with Gasteiger partial charge in [0.15, 0.2) is 0 Å². The fourth-order valence-corrected chi connectivity index (χ4v) is 2.12. The van der Waals surface area contributed by atoms with E-state index in [4.69, 9.17) is 16.3 Å². The fourth-order valence-electron chi connectivity index (χ4n) is 1.86. The van der Waals surface area contributed by atoms with E-state index in [0.29, 0.717) is 33.4 Å². The van der Waals surface area contributed by atoms with E-state index < -0.39 is 0 Å². The Morgan fingerprint density at radius 1 is 1.25 bits per heavy atom. The first-order chi connectivity index (χ1) is 9.52. The molecule has 0 aliphatic rings. The first-order valence-electron chi connectivity index (χ1n) is 5.96. The Bertz CT molecular complexity index is 639. The molecule has 0 spiro atoms. The summed E-state index contributed by atoms with van der Waals surface area (Å²) in [6, 6.07) is 5.04. The maximum absolute atomic E-state index is 12.3. The summed E-state index contributed by atoms with van der Waals surface area (Å²) >= 11 is 6.02. The summed E-state index contributed by atoms with van der Waals surface area (Å²) in [6.07, 6.45) is 1.44. The van der Waals surface area contributed by atoms with Gasteiger partial charge in [0.05, 0.1) is 29.1 Å². The van der Waals surface area contributed by atoms with Crippen molar-refractivity contribution in [1.29, 1.82) is 0 Å². The van der Waals surface area contributed by atoms with Crippen molar-refractivity contribution < 1.29 is 9.53 Å². The number of methoxy groups -OCH3 is 1. The van der Waals surface area contributed by atoms with Crippen LogP contribution >= 0.6 is 11.6 Å². The highest BCUT2D eigenvalue weighted by molar-refractivity contribution is 6.32. The molecule has 1 heterocycles. The van der Waals surface area contributed by atoms with E-state index in [1.165, 1.54) is 13.4 Å². The van der Waals surface area contributed by atoms with Gasteiger partial charge < -0.3 is 10.1 Å². The third-order valence-electron chi connectivity index (χ3n) is 2.86. The lowest BCUT2D eigenvalue weighted by molar-refractivity contribution is 0.102. The zero-order valence-corrected chi connectivity index (χ0v) is 12.2. The highest BCUT2D eigenvalue weighted by atomic mass is 35.5. The topological polar surface area (TPSA) is 64.1 Å². The Labute approximate surface area is 122 Å². The quantitative estimate of drug-likeness (QED) is 0.944. The summed E-state index contributed by atoms with van der Waals surface area (Å²) in [5, 5.41) is 3.21. The molecule has 20 heavy (non-hydrogen) atoms. The Balaban J connectivity index is 2.26. The van der Waals surface area contributed by atoms with Gasteiger partial charge in [-0.15, -0.1) is 0 Å². The number of hydrogen-bond donors (Lipinski definition) is 1. The maximum Gasteiger partial charge on any atom is 0.259 e. The molecule has 0 aliphatic heterocycles. The number of nitrogens with one attached hydrogen (secondary N) is 1. The van der Waals surface area contributed by atoms with E-state index in [0.717, 1.165) is 0 Å². The highest BCUT2D eigenvalue weighted by Crippen LogP contribution is 2.27. The number of nitrogens with zero attached hydrogens (tertiary/aromatic N) is 2. The minimum absolute atomic E-state index is 0.262. The standard InChI is InChI=1S/C14H14ClN3O2/c1-8-13(9(2)17-7-16-8)14(19)18-10-4-5-12(20-3)11(15)6-10/h4-7H,1-3H3,(H,18,19). The number of aromatic nitrogens is 2. The van der Waals surface area contributed by atoms with Gasteiger partial charge in [-0.05, 0) is 32.0 Å². The van der Waals surface area contributed by atoms with Crippen LogP contribution < -0.4 is 10.1 Å². The second kappa shape index (κ2) is 5.88. The summed E-state index contributed by atoms with van der Waals surface area (Å²) in [4.78, 5) is 20.3. The molecule has 1 amide bonds. The van der Waals surface area contributed by atoms with E-state index in [1.807, 2.05) is 0 Å². The number of anilines is 1. The summed E-state index contributed by atoms with van der Waals surface area (Å²) in [5.41, 5.74) is 2.33. The molecule has 0 bridgehead atoms. The van der Waals surface area contributed by atoms with Crippen molar-refractivity contribution in [1.82, 2.24) is 9.97 Å². The number of amides is 1. The average Bonchev–Trinajstić information content (AvgIpc) is 2.38. The van der Waals surface area contributed by atoms with Crippen LogP contribution in [0, 0.1) is 13.8 Å². The van der Waals surface area contributed by atoms with Crippen molar-refractivity contribution in [2.45, 2.75) is 13.8 Å². The predicted molar refractivity (Wildman–Crippen MR) is 77.5 cm³/mol. The minimum Gasteiger partial charge on any atom is -0.495 e. The maximum atomic E-state index is 12.3. The molecule has 0 unspecified atom stereocenters. The molecule has 1 aromatic heterocycles. The van der Waals surface area contributed by atoms with Crippen LogP contribution in [-0.4, -0.2) is 23.0 Å². The van der Waals surface area contributed by atoms with Gasteiger partial charge in [-0.1, -0.05) is 11.6 Å². The molecule has 0 fully saturated rings. The molecular weight excluding hydrogens is 278 g/mol. The third kappa shape index (κ3) is 2.88. The van der Waals surface area contributed by atoms with Gasteiger partial charge in [-0.25, -0.2) is 9.97 Å². The molecule has 6 heteroatoms. The first-order valence-corrected chi connectivity index (χ1v) is 6.34. The lowest BCUT2D eigenvalue weighted by Crippen LogP contribution is -2.16. The monoisotopic (exact) mass is 291 g/mol. The smallest absolute Gasteiger partial charge is 0.259 e. The van der Waals surface area contributed by atoms with E-state index in [-0.39, 0.29) is 5.91 Å². The molecular formula is C14H14ClN3O2. The van der Waals surface area contributed by atoms with Gasteiger partial charge >= 0.3 is 0 Å². The molecule has 2 aromatic rings. The van der Waals surface area contributed by atoms with Crippen LogP contribution in [-0.2, 0) is 0 Å². The normalized spacial score (nSPS) is 10.2. The number of carbonyl (C=O) groups excluding carboxylic acids is 1. The van der Waals surface area contributed by atoms with Gasteiger partial charge in [0, 0.05) is 5.69 Å². The highest BCUT2D eigenvalue weighted by Gasteiger charge is 2.14. The molecule has 1 N–H and O–H groups in total. The van der Waals surface area contributed by atoms with E-state index in [9.17, 15) is 4.79 Å². The Morgan fingerprint density at radius 2 is 1.90 bits per heavy atom. The van der Waals surface area contributed by atoms with Gasteiger partial charge in [0.25, 0.3) is 5.91 Å². The van der Waals surface area contributed by atoms with Gasteiger partial charge in [0.1, 0.15) is 12.1 Å². The van der Waals surface area contributed by atoms with Crippen molar-refractivity contribution in [3.63, 3.8) is 0 Å². The minimum atomic E-state index is -0.262. The van der Waals surface area contributed by atoms with Crippen LogP contribution in [0.2, 0.25) is 5.02 Å². The number of hydrogen-bond acceptors (Lipinski definition) is 4. The summed E-state index contributed by atoms with van der Waals surface area (Å²) in [7, 11) is 1.54. The van der Waals surface area contributed by atoms with E-state index >= 15 is 0 Å². The molecule has 2 rings (SSSR count). The lowest BCUT2D eigenvalue weighted by atomic mass is 10.1. The van der Waals surface area contributed by atoms with Crippen molar-refractivity contribution >= 4 is 23.2 Å². The van der Waals surface area contributed by atoms with Crippen molar-refractivity contribution in [3.05, 3.63) is 46.5 Å². The van der Waals surface area contributed by atoms with Crippen LogP contribution in [0.25, 0.3) is 0 Å². The third-order valence-corrected chi connectivity index (χ3v) is 3.16. The molecule has 0 radical (unpaired) electrons. The average molecular weight is 292 g/mol. The van der Waals surface area contributed by atoms with Crippen molar-refractivity contribution in [2.24, 2.45) is 0 Å². The SMILES string of the molecule is COc1ccc(NC(=O)c2c(C)ncnc2C)cc1Cl. The summed E-state index contributed by atoms with van der Waals surface area (Å²) < 4.78 is 5.06. The zero-order valence-electron chi connectivity index (χ0n) is 11.4. The van der Waals surface area contributed by atoms with Crippen molar-refractivity contribution in [3.8, 4) is 5.75 Å². The van der Waals surface area contributed by atoms with E-state index in [2.05, 4.69) is 15.3 Å². The van der Waals surface area contributed by atoms with Crippen molar-refractivity contribution in [2.75, 3.05) is 12.4 Å². The van der Waals surface area contributed by atoms with Crippen LogP contribution in [0.3, 0.4) is 0 Å². The number of aryl methyl sites for hydroxylation is 2. The zero-order chi connectivity index (χ0) is 14.7. The molecule has 0 saturated heterocycles. The molecule has 0 atom stereocenters. The fraction of sp³-hybridized carbons (Fsp3) is 0.214. The van der Waals surface area contributed by atoms with Crippen LogP contribution in [0.5, 0.6) is 5.75 Å². The number of ether oxygens (including phenoxy) is 1. The largest absolute Gasteiger partial charge is 0.495 e.